The van der Waals surface area contributed by atoms with Crippen molar-refractivity contribution >= 4 is 18.9 Å². The summed E-state index contributed by atoms with van der Waals surface area (Å²) in [5.74, 6) is -0.134. The molecule has 0 heterocycles. The zero-order valence-corrected chi connectivity index (χ0v) is 15.2. The van der Waals surface area contributed by atoms with E-state index < -0.39 is 7.60 Å². The van der Waals surface area contributed by atoms with Crippen molar-refractivity contribution in [1.82, 2.24) is 0 Å². The third-order valence-corrected chi connectivity index (χ3v) is 5.53. The average Bonchev–Trinajstić information content (AvgIpc) is 2.53. The minimum atomic E-state index is -3.50. The van der Waals surface area contributed by atoms with Crippen molar-refractivity contribution in [3.63, 3.8) is 0 Å². The molecule has 0 amide bonds. The van der Waals surface area contributed by atoms with E-state index in [9.17, 15) is 9.36 Å². The summed E-state index contributed by atoms with van der Waals surface area (Å²) in [7, 11) is -3.50. The highest BCUT2D eigenvalue weighted by atomic mass is 31.2. The number of benzene rings is 1. The number of esters is 1. The molecule has 0 spiro atoms. The van der Waals surface area contributed by atoms with Gasteiger partial charge < -0.3 is 18.7 Å². The summed E-state index contributed by atoms with van der Waals surface area (Å²) in [6, 6.07) is 6.65. The number of para-hydroxylation sites is 1. The highest BCUT2D eigenvalue weighted by molar-refractivity contribution is 7.62. The molecule has 0 saturated carbocycles. The first kappa shape index (κ1) is 19.8. The molecule has 23 heavy (non-hydrogen) atoms. The molecule has 0 saturated heterocycles. The first-order valence-electron chi connectivity index (χ1n) is 8.03. The van der Waals surface area contributed by atoms with E-state index in [1.807, 2.05) is 13.8 Å². The summed E-state index contributed by atoms with van der Waals surface area (Å²) >= 11 is 0. The van der Waals surface area contributed by atoms with Crippen molar-refractivity contribution < 1.29 is 28.0 Å². The van der Waals surface area contributed by atoms with Crippen LogP contribution in [0.4, 0.5) is 0 Å². The number of hydrogen-bond acceptors (Lipinski definition) is 5. The Morgan fingerprint density at radius 3 is 2.13 bits per heavy atom. The maximum absolute atomic E-state index is 12.9. The van der Waals surface area contributed by atoms with Gasteiger partial charge >= 0.3 is 13.6 Å². The average molecular weight is 344 g/mol. The number of carbonyl (C=O) groups excluding carboxylic acids is 1. The van der Waals surface area contributed by atoms with Crippen molar-refractivity contribution in [2.45, 2.75) is 27.7 Å². The Labute approximate surface area is 138 Å². The number of ether oxygens (including phenoxy) is 1. The molecule has 0 aliphatic heterocycles. The largest absolute Gasteiger partial charge is 0.421 e. The minimum Gasteiger partial charge on any atom is -0.421 e. The van der Waals surface area contributed by atoms with Crippen molar-refractivity contribution in [3.8, 4) is 5.75 Å². The fraction of sp³-hybridized carbons (Fsp3) is 0.562. The van der Waals surface area contributed by atoms with Crippen LogP contribution in [0, 0.1) is 0 Å². The Balaban J connectivity index is 3.00. The predicted molar refractivity (Wildman–Crippen MR) is 89.5 cm³/mol. The van der Waals surface area contributed by atoms with E-state index in [1.54, 1.807) is 38.1 Å². The SMILES string of the molecule is CCOP(=O)(OCC)c1ccccc1OC(=O)C[NH+](CC)CC. The lowest BCUT2D eigenvalue weighted by atomic mass is 10.3. The van der Waals surface area contributed by atoms with Crippen molar-refractivity contribution in [2.24, 2.45) is 0 Å². The lowest BCUT2D eigenvalue weighted by molar-refractivity contribution is -0.888. The van der Waals surface area contributed by atoms with Gasteiger partial charge in [0.05, 0.1) is 26.3 Å². The van der Waals surface area contributed by atoms with Gasteiger partial charge in [-0.1, -0.05) is 12.1 Å². The van der Waals surface area contributed by atoms with Crippen LogP contribution in [0.15, 0.2) is 24.3 Å². The highest BCUT2D eigenvalue weighted by Crippen LogP contribution is 2.49. The molecule has 1 aromatic carbocycles. The predicted octanol–water partition coefficient (Wildman–Crippen LogP) is 1.41. The fourth-order valence-electron chi connectivity index (χ4n) is 2.15. The summed E-state index contributed by atoms with van der Waals surface area (Å²) in [6.45, 7) is 9.92. The lowest BCUT2D eigenvalue weighted by Crippen LogP contribution is -3.12. The molecule has 0 fully saturated rings. The van der Waals surface area contributed by atoms with E-state index in [0.717, 1.165) is 18.0 Å². The van der Waals surface area contributed by atoms with Gasteiger partial charge in [-0.3, -0.25) is 4.57 Å². The van der Waals surface area contributed by atoms with Crippen LogP contribution in [0.3, 0.4) is 0 Å². The van der Waals surface area contributed by atoms with E-state index in [4.69, 9.17) is 13.8 Å². The van der Waals surface area contributed by atoms with Gasteiger partial charge in [0.2, 0.25) is 0 Å². The van der Waals surface area contributed by atoms with E-state index >= 15 is 0 Å². The van der Waals surface area contributed by atoms with Gasteiger partial charge in [-0.25, -0.2) is 4.79 Å². The summed E-state index contributed by atoms with van der Waals surface area (Å²) < 4.78 is 29.0. The molecule has 1 aromatic rings. The fourth-order valence-corrected chi connectivity index (χ4v) is 3.84. The quantitative estimate of drug-likeness (QED) is 0.395. The summed E-state index contributed by atoms with van der Waals surface area (Å²) in [5, 5.41) is 0.284. The zero-order chi connectivity index (χ0) is 17.3. The van der Waals surface area contributed by atoms with Crippen molar-refractivity contribution in [2.75, 3.05) is 32.8 Å². The van der Waals surface area contributed by atoms with Gasteiger partial charge in [0.15, 0.2) is 6.54 Å². The number of likely N-dealkylation sites (N-methyl/N-ethyl adjacent to an activating group) is 1. The summed E-state index contributed by atoms with van der Waals surface area (Å²) in [6.07, 6.45) is 0. The minimum absolute atomic E-state index is 0.231. The van der Waals surface area contributed by atoms with Gasteiger partial charge in [0.25, 0.3) is 0 Å². The van der Waals surface area contributed by atoms with Crippen LogP contribution in [-0.2, 0) is 18.4 Å². The Kier molecular flexibility index (Phi) is 8.48. The molecule has 0 bridgehead atoms. The van der Waals surface area contributed by atoms with Crippen LogP contribution in [0.2, 0.25) is 0 Å². The second-order valence-electron chi connectivity index (χ2n) is 4.91. The standard InChI is InChI=1S/C16H26NO5P/c1-5-17(6-2)13-16(18)22-14-11-9-10-12-15(14)23(19,20-7-3)21-8-4/h9-12H,5-8,13H2,1-4H3/p+1. The molecule has 0 aromatic heterocycles. The number of nitrogens with one attached hydrogen (secondary N) is 1. The molecule has 130 valence electrons. The van der Waals surface area contributed by atoms with Crippen molar-refractivity contribution in [1.29, 1.82) is 0 Å². The third kappa shape index (κ3) is 5.74. The summed E-state index contributed by atoms with van der Waals surface area (Å²) in [4.78, 5) is 13.2. The maximum atomic E-state index is 12.9. The molecular formula is C16H27NO5P+. The molecule has 0 radical (unpaired) electrons. The van der Waals surface area contributed by atoms with Crippen LogP contribution in [0.5, 0.6) is 5.75 Å². The van der Waals surface area contributed by atoms with Crippen LogP contribution in [-0.4, -0.2) is 38.8 Å². The van der Waals surface area contributed by atoms with Crippen LogP contribution in [0.1, 0.15) is 27.7 Å². The van der Waals surface area contributed by atoms with Crippen LogP contribution in [0.25, 0.3) is 0 Å². The van der Waals surface area contributed by atoms with Gasteiger partial charge in [0.1, 0.15) is 11.1 Å². The topological polar surface area (TPSA) is 66.3 Å². The van der Waals surface area contributed by atoms with E-state index in [0.29, 0.717) is 0 Å². The highest BCUT2D eigenvalue weighted by Gasteiger charge is 2.31. The van der Waals surface area contributed by atoms with Gasteiger partial charge in [0, 0.05) is 0 Å². The van der Waals surface area contributed by atoms with E-state index in [2.05, 4.69) is 0 Å². The molecule has 7 heteroatoms. The van der Waals surface area contributed by atoms with Crippen molar-refractivity contribution in [3.05, 3.63) is 24.3 Å². The number of rotatable bonds is 10. The smallest absolute Gasteiger partial charge is 0.367 e. The molecule has 0 atom stereocenters. The number of quaternary nitrogens is 1. The normalized spacial score (nSPS) is 11.7. The van der Waals surface area contributed by atoms with Gasteiger partial charge in [-0.15, -0.1) is 0 Å². The monoisotopic (exact) mass is 344 g/mol. The second-order valence-corrected chi connectivity index (χ2v) is 6.90. The Hall–Kier alpha value is -1.20. The first-order chi connectivity index (χ1) is 11.0. The number of carbonyl (C=O) groups is 1. The Bertz CT molecular complexity index is 535. The molecular weight excluding hydrogens is 317 g/mol. The van der Waals surface area contributed by atoms with Crippen LogP contribution >= 0.6 is 7.60 Å². The number of hydrogen-bond donors (Lipinski definition) is 1. The molecule has 1 N–H and O–H groups in total. The summed E-state index contributed by atoms with van der Waals surface area (Å²) in [5.41, 5.74) is 0. The van der Waals surface area contributed by atoms with Gasteiger partial charge in [-0.05, 0) is 39.8 Å². The van der Waals surface area contributed by atoms with E-state index in [1.165, 1.54) is 0 Å². The zero-order valence-electron chi connectivity index (χ0n) is 14.3. The molecule has 6 nitrogen and oxygen atoms in total. The maximum Gasteiger partial charge on any atom is 0.367 e. The molecule has 0 aliphatic carbocycles. The molecule has 0 unspecified atom stereocenters. The first-order valence-corrected chi connectivity index (χ1v) is 9.57. The Morgan fingerprint density at radius 1 is 1.04 bits per heavy atom. The molecule has 1 rings (SSSR count). The third-order valence-electron chi connectivity index (χ3n) is 3.38. The van der Waals surface area contributed by atoms with Gasteiger partial charge in [-0.2, -0.15) is 0 Å². The van der Waals surface area contributed by atoms with Crippen LogP contribution < -0.4 is 14.9 Å². The lowest BCUT2D eigenvalue weighted by Gasteiger charge is -2.20. The molecule has 0 aliphatic rings. The Morgan fingerprint density at radius 2 is 1.61 bits per heavy atom. The second kappa shape index (κ2) is 9.83. The van der Waals surface area contributed by atoms with E-state index in [-0.39, 0.29) is 36.8 Å².